The van der Waals surface area contributed by atoms with Crippen molar-refractivity contribution in [3.05, 3.63) is 35.9 Å². The van der Waals surface area contributed by atoms with Crippen molar-refractivity contribution in [3.63, 3.8) is 0 Å². The number of carbonyl (C=O) groups is 1. The monoisotopic (exact) mass is 333 g/mol. The fourth-order valence-corrected chi connectivity index (χ4v) is 2.55. The lowest BCUT2D eigenvalue weighted by molar-refractivity contribution is -0.118. The number of nitrogens with two attached hydrogens (primary N) is 2. The zero-order chi connectivity index (χ0) is 16.7. The van der Waals surface area contributed by atoms with E-state index in [0.717, 1.165) is 17.7 Å². The molecule has 0 saturated carbocycles. The number of benzene rings is 1. The van der Waals surface area contributed by atoms with Crippen LogP contribution in [0, 0.1) is 0 Å². The fourth-order valence-electron chi connectivity index (χ4n) is 1.85. The maximum absolute atomic E-state index is 11.8. The quantitative estimate of drug-likeness (QED) is 0.513. The number of methoxy groups -OCH3 is 1. The third-order valence-corrected chi connectivity index (χ3v) is 3.82. The topological polar surface area (TPSA) is 116 Å². The molecule has 0 aliphatic rings. The molecule has 122 valence electrons. The number of aromatic nitrogens is 2. The van der Waals surface area contributed by atoms with Crippen LogP contribution < -0.4 is 21.5 Å². The van der Waals surface area contributed by atoms with Gasteiger partial charge >= 0.3 is 0 Å². The van der Waals surface area contributed by atoms with Crippen LogP contribution in [0.4, 0.5) is 11.6 Å². The van der Waals surface area contributed by atoms with Crippen molar-refractivity contribution in [1.82, 2.24) is 15.3 Å². The van der Waals surface area contributed by atoms with Gasteiger partial charge in [-0.25, -0.2) is 9.97 Å². The van der Waals surface area contributed by atoms with Gasteiger partial charge in [-0.2, -0.15) is 0 Å². The van der Waals surface area contributed by atoms with E-state index in [1.807, 2.05) is 24.3 Å². The van der Waals surface area contributed by atoms with Gasteiger partial charge in [-0.05, 0) is 24.1 Å². The van der Waals surface area contributed by atoms with E-state index in [9.17, 15) is 4.79 Å². The highest BCUT2D eigenvalue weighted by Crippen LogP contribution is 2.16. The van der Waals surface area contributed by atoms with E-state index in [1.54, 1.807) is 7.11 Å². The lowest BCUT2D eigenvalue weighted by atomic mass is 10.1. The summed E-state index contributed by atoms with van der Waals surface area (Å²) in [6.07, 6.45) is 0.752. The Kier molecular flexibility index (Phi) is 6.04. The van der Waals surface area contributed by atoms with Crippen molar-refractivity contribution in [2.75, 3.05) is 30.9 Å². The first-order chi connectivity index (χ1) is 11.1. The average molecular weight is 333 g/mol. The minimum atomic E-state index is -0.0897. The molecule has 23 heavy (non-hydrogen) atoms. The summed E-state index contributed by atoms with van der Waals surface area (Å²) in [5.74, 6) is 1.52. The molecule has 1 amide bonds. The summed E-state index contributed by atoms with van der Waals surface area (Å²) in [7, 11) is 1.63. The normalized spacial score (nSPS) is 10.3. The van der Waals surface area contributed by atoms with Crippen molar-refractivity contribution in [2.45, 2.75) is 11.6 Å². The fraction of sp³-hybridized carbons (Fsp3) is 0.267. The SMILES string of the molecule is COc1ccc(CCNC(=O)CSc2nc(N)cc(N)n2)cc1. The lowest BCUT2D eigenvalue weighted by Crippen LogP contribution is -2.27. The summed E-state index contributed by atoms with van der Waals surface area (Å²) in [6.45, 7) is 0.561. The third-order valence-electron chi connectivity index (χ3n) is 2.97. The van der Waals surface area contributed by atoms with E-state index in [1.165, 1.54) is 17.8 Å². The summed E-state index contributed by atoms with van der Waals surface area (Å²) < 4.78 is 5.10. The first-order valence-electron chi connectivity index (χ1n) is 6.99. The van der Waals surface area contributed by atoms with Crippen LogP contribution in [0.15, 0.2) is 35.5 Å². The van der Waals surface area contributed by atoms with Crippen LogP contribution >= 0.6 is 11.8 Å². The van der Waals surface area contributed by atoms with Crippen molar-refractivity contribution in [3.8, 4) is 5.75 Å². The van der Waals surface area contributed by atoms with E-state index in [4.69, 9.17) is 16.2 Å². The van der Waals surface area contributed by atoms with Crippen LogP contribution in [0.5, 0.6) is 5.75 Å². The van der Waals surface area contributed by atoms with Gasteiger partial charge in [0.15, 0.2) is 5.16 Å². The summed E-state index contributed by atoms with van der Waals surface area (Å²) in [5.41, 5.74) is 12.3. The Labute approximate surface area is 138 Å². The van der Waals surface area contributed by atoms with E-state index >= 15 is 0 Å². The second-order valence-electron chi connectivity index (χ2n) is 4.74. The van der Waals surface area contributed by atoms with Gasteiger partial charge in [-0.1, -0.05) is 23.9 Å². The van der Waals surface area contributed by atoms with E-state index in [-0.39, 0.29) is 11.7 Å². The second kappa shape index (κ2) is 8.23. The van der Waals surface area contributed by atoms with Gasteiger partial charge in [0.1, 0.15) is 17.4 Å². The first kappa shape index (κ1) is 16.9. The Morgan fingerprint density at radius 1 is 1.22 bits per heavy atom. The zero-order valence-corrected chi connectivity index (χ0v) is 13.6. The molecular formula is C15H19N5O2S. The van der Waals surface area contributed by atoms with Gasteiger partial charge < -0.3 is 21.5 Å². The highest BCUT2D eigenvalue weighted by atomic mass is 32.2. The molecule has 2 aromatic rings. The van der Waals surface area contributed by atoms with Crippen molar-refractivity contribution in [2.24, 2.45) is 0 Å². The molecule has 0 aliphatic carbocycles. The summed E-state index contributed by atoms with van der Waals surface area (Å²) in [4.78, 5) is 19.8. The Balaban J connectivity index is 1.72. The molecule has 1 aromatic heterocycles. The number of nitrogens with one attached hydrogen (secondary N) is 1. The number of hydrogen-bond donors (Lipinski definition) is 3. The summed E-state index contributed by atoms with van der Waals surface area (Å²) >= 11 is 1.20. The average Bonchev–Trinajstić information content (AvgIpc) is 2.53. The minimum absolute atomic E-state index is 0.0897. The maximum atomic E-state index is 11.8. The maximum Gasteiger partial charge on any atom is 0.230 e. The Morgan fingerprint density at radius 3 is 2.48 bits per heavy atom. The number of amides is 1. The predicted molar refractivity (Wildman–Crippen MR) is 91.3 cm³/mol. The van der Waals surface area contributed by atoms with Gasteiger partial charge in [-0.15, -0.1) is 0 Å². The lowest BCUT2D eigenvalue weighted by Gasteiger charge is -2.06. The molecule has 1 heterocycles. The molecule has 1 aromatic carbocycles. The van der Waals surface area contributed by atoms with Crippen molar-refractivity contribution < 1.29 is 9.53 Å². The number of anilines is 2. The Morgan fingerprint density at radius 2 is 1.87 bits per heavy atom. The smallest absolute Gasteiger partial charge is 0.230 e. The molecule has 0 aliphatic heterocycles. The molecular weight excluding hydrogens is 314 g/mol. The first-order valence-corrected chi connectivity index (χ1v) is 7.98. The van der Waals surface area contributed by atoms with Crippen LogP contribution in [0.25, 0.3) is 0 Å². The van der Waals surface area contributed by atoms with Gasteiger partial charge in [0, 0.05) is 12.6 Å². The number of nitrogens with zero attached hydrogens (tertiary/aromatic N) is 2. The molecule has 0 spiro atoms. The zero-order valence-electron chi connectivity index (χ0n) is 12.8. The highest BCUT2D eigenvalue weighted by Gasteiger charge is 2.06. The number of nitrogen functional groups attached to an aromatic ring is 2. The van der Waals surface area contributed by atoms with Gasteiger partial charge in [0.05, 0.1) is 12.9 Å². The van der Waals surface area contributed by atoms with E-state index in [2.05, 4.69) is 15.3 Å². The van der Waals surface area contributed by atoms with E-state index < -0.39 is 0 Å². The highest BCUT2D eigenvalue weighted by molar-refractivity contribution is 7.99. The molecule has 0 bridgehead atoms. The predicted octanol–water partition coefficient (Wildman–Crippen LogP) is 1.10. The number of hydrogen-bond acceptors (Lipinski definition) is 7. The Bertz CT molecular complexity index is 643. The molecule has 0 radical (unpaired) electrons. The largest absolute Gasteiger partial charge is 0.497 e. The van der Waals surface area contributed by atoms with Crippen molar-refractivity contribution >= 4 is 29.3 Å². The standard InChI is InChI=1S/C15H19N5O2S/c1-22-11-4-2-10(3-5-11)6-7-18-14(21)9-23-15-19-12(16)8-13(17)20-15/h2-5,8H,6-7,9H2,1H3,(H,18,21)(H4,16,17,19,20). The van der Waals surface area contributed by atoms with Gasteiger partial charge in [0.25, 0.3) is 0 Å². The summed E-state index contributed by atoms with van der Waals surface area (Å²) in [6, 6.07) is 9.22. The van der Waals surface area contributed by atoms with Crippen LogP contribution in [0.2, 0.25) is 0 Å². The third kappa shape index (κ3) is 5.67. The van der Waals surface area contributed by atoms with Crippen LogP contribution in [-0.2, 0) is 11.2 Å². The number of thioether (sulfide) groups is 1. The molecule has 8 heteroatoms. The van der Waals surface area contributed by atoms with Gasteiger partial charge in [0.2, 0.25) is 5.91 Å². The summed E-state index contributed by atoms with van der Waals surface area (Å²) in [5, 5.41) is 3.25. The second-order valence-corrected chi connectivity index (χ2v) is 5.68. The molecule has 0 atom stereocenters. The molecule has 2 rings (SSSR count). The Hall–Kier alpha value is -2.48. The number of carbonyl (C=O) groups excluding carboxylic acids is 1. The molecule has 0 saturated heterocycles. The van der Waals surface area contributed by atoms with Crippen LogP contribution in [-0.4, -0.2) is 35.3 Å². The van der Waals surface area contributed by atoms with Crippen LogP contribution in [0.3, 0.4) is 0 Å². The van der Waals surface area contributed by atoms with Crippen molar-refractivity contribution in [1.29, 1.82) is 0 Å². The minimum Gasteiger partial charge on any atom is -0.497 e. The molecule has 7 nitrogen and oxygen atoms in total. The molecule has 5 N–H and O–H groups in total. The molecule has 0 unspecified atom stereocenters. The van der Waals surface area contributed by atoms with Crippen LogP contribution in [0.1, 0.15) is 5.56 Å². The van der Waals surface area contributed by atoms with Gasteiger partial charge in [-0.3, -0.25) is 4.79 Å². The molecule has 0 fully saturated rings. The number of ether oxygens (including phenoxy) is 1. The van der Waals surface area contributed by atoms with E-state index in [0.29, 0.717) is 23.3 Å². The number of rotatable bonds is 7.